The van der Waals surface area contributed by atoms with Gasteiger partial charge < -0.3 is 10.6 Å². The Hall–Kier alpha value is -1.10. The van der Waals surface area contributed by atoms with Gasteiger partial charge in [-0.3, -0.25) is 9.69 Å². The topological polar surface area (TPSA) is 49.6 Å². The van der Waals surface area contributed by atoms with Gasteiger partial charge in [-0.2, -0.15) is 0 Å². The Bertz CT molecular complexity index is 440. The molecule has 5 heteroatoms. The monoisotopic (exact) mass is 311 g/mol. The fraction of sp³-hybridized carbons (Fsp3) is 0.562. The molecule has 2 atom stereocenters. The summed E-state index contributed by atoms with van der Waals surface area (Å²) in [6.45, 7) is 5.18. The minimum absolute atomic E-state index is 0. The summed E-state index contributed by atoms with van der Waals surface area (Å²) >= 11 is 0. The second kappa shape index (κ2) is 8.37. The van der Waals surface area contributed by atoms with Crippen molar-refractivity contribution in [2.45, 2.75) is 25.9 Å². The van der Waals surface area contributed by atoms with Gasteiger partial charge in [0, 0.05) is 32.7 Å². The fourth-order valence-electron chi connectivity index (χ4n) is 2.65. The first-order valence-electron chi connectivity index (χ1n) is 7.32. The van der Waals surface area contributed by atoms with Crippen LogP contribution in [0.15, 0.2) is 30.3 Å². The van der Waals surface area contributed by atoms with E-state index in [0.29, 0.717) is 19.0 Å². The molecule has 118 valence electrons. The molecule has 1 aliphatic rings. The lowest BCUT2D eigenvalue weighted by Crippen LogP contribution is -2.49. The number of hydrogen-bond acceptors (Lipinski definition) is 3. The van der Waals surface area contributed by atoms with Crippen LogP contribution in [0.1, 0.15) is 18.9 Å². The highest BCUT2D eigenvalue weighted by molar-refractivity contribution is 5.85. The summed E-state index contributed by atoms with van der Waals surface area (Å²) in [6.07, 6.45) is 0.983. The minimum atomic E-state index is 0. The second-order valence-corrected chi connectivity index (χ2v) is 5.90. The van der Waals surface area contributed by atoms with Crippen molar-refractivity contribution in [3.8, 4) is 0 Å². The van der Waals surface area contributed by atoms with Crippen LogP contribution in [0.4, 0.5) is 0 Å². The zero-order valence-corrected chi connectivity index (χ0v) is 13.7. The minimum Gasteiger partial charge on any atom is -0.340 e. The molecule has 1 aliphatic heterocycles. The summed E-state index contributed by atoms with van der Waals surface area (Å²) in [5, 5.41) is 0. The van der Waals surface area contributed by atoms with E-state index in [1.807, 2.05) is 37.4 Å². The van der Waals surface area contributed by atoms with Crippen molar-refractivity contribution in [2.75, 3.05) is 26.7 Å². The van der Waals surface area contributed by atoms with Crippen LogP contribution >= 0.6 is 12.4 Å². The number of likely N-dealkylation sites (N-methyl/N-ethyl adjacent to an activating group) is 1. The number of nitrogens with zero attached hydrogens (tertiary/aromatic N) is 2. The maximum atomic E-state index is 12.3. The Kier molecular flexibility index (Phi) is 7.15. The molecular formula is C16H26ClN3O. The normalized spacial score (nSPS) is 22.4. The van der Waals surface area contributed by atoms with Gasteiger partial charge in [-0.05, 0) is 17.9 Å². The fourth-order valence-corrected chi connectivity index (χ4v) is 2.65. The standard InChI is InChI=1S/C16H25N3O.ClH/c1-13-10-19(9-8-15(13)17)12-16(20)18(2)11-14-6-4-3-5-7-14;/h3-7,13,15H,8-12,17H2,1-2H3;1H. The summed E-state index contributed by atoms with van der Waals surface area (Å²) in [7, 11) is 1.87. The van der Waals surface area contributed by atoms with Crippen LogP contribution < -0.4 is 5.73 Å². The van der Waals surface area contributed by atoms with Crippen molar-refractivity contribution in [3.05, 3.63) is 35.9 Å². The molecule has 1 fully saturated rings. The number of benzene rings is 1. The number of halogens is 1. The highest BCUT2D eigenvalue weighted by Gasteiger charge is 2.25. The van der Waals surface area contributed by atoms with Gasteiger partial charge in [-0.25, -0.2) is 0 Å². The Morgan fingerprint density at radius 3 is 2.67 bits per heavy atom. The lowest BCUT2D eigenvalue weighted by molar-refractivity contribution is -0.132. The molecule has 2 unspecified atom stereocenters. The summed E-state index contributed by atoms with van der Waals surface area (Å²) in [6, 6.07) is 10.4. The maximum absolute atomic E-state index is 12.3. The molecule has 0 radical (unpaired) electrons. The SMILES string of the molecule is CC1CN(CC(=O)N(C)Cc2ccccc2)CCC1N.Cl. The van der Waals surface area contributed by atoms with Crippen LogP contribution in [-0.2, 0) is 11.3 Å². The van der Waals surface area contributed by atoms with Crippen molar-refractivity contribution in [2.24, 2.45) is 11.7 Å². The number of amides is 1. The number of rotatable bonds is 4. The van der Waals surface area contributed by atoms with Gasteiger partial charge in [0.1, 0.15) is 0 Å². The third kappa shape index (κ3) is 5.30. The van der Waals surface area contributed by atoms with Crippen molar-refractivity contribution in [1.82, 2.24) is 9.80 Å². The zero-order chi connectivity index (χ0) is 14.5. The lowest BCUT2D eigenvalue weighted by atomic mass is 9.95. The first-order valence-corrected chi connectivity index (χ1v) is 7.32. The molecular weight excluding hydrogens is 286 g/mol. The van der Waals surface area contributed by atoms with E-state index in [2.05, 4.69) is 11.8 Å². The Labute approximate surface area is 133 Å². The zero-order valence-electron chi connectivity index (χ0n) is 12.9. The van der Waals surface area contributed by atoms with Crippen molar-refractivity contribution in [3.63, 3.8) is 0 Å². The van der Waals surface area contributed by atoms with Gasteiger partial charge in [0.15, 0.2) is 0 Å². The number of likely N-dealkylation sites (tertiary alicyclic amines) is 1. The molecule has 0 aliphatic carbocycles. The molecule has 0 aromatic heterocycles. The smallest absolute Gasteiger partial charge is 0.236 e. The van der Waals surface area contributed by atoms with E-state index < -0.39 is 0 Å². The van der Waals surface area contributed by atoms with E-state index in [9.17, 15) is 4.79 Å². The quantitative estimate of drug-likeness (QED) is 0.921. The van der Waals surface area contributed by atoms with Crippen molar-refractivity contribution >= 4 is 18.3 Å². The third-order valence-electron chi connectivity index (χ3n) is 4.10. The Morgan fingerprint density at radius 1 is 1.38 bits per heavy atom. The molecule has 1 saturated heterocycles. The van der Waals surface area contributed by atoms with E-state index in [4.69, 9.17) is 5.73 Å². The van der Waals surface area contributed by atoms with E-state index in [0.717, 1.165) is 25.1 Å². The van der Waals surface area contributed by atoms with Crippen LogP contribution in [0.5, 0.6) is 0 Å². The Morgan fingerprint density at radius 2 is 2.05 bits per heavy atom. The second-order valence-electron chi connectivity index (χ2n) is 5.90. The first kappa shape index (κ1) is 18.0. The van der Waals surface area contributed by atoms with Gasteiger partial charge in [-0.15, -0.1) is 12.4 Å². The largest absolute Gasteiger partial charge is 0.340 e. The van der Waals surface area contributed by atoms with Crippen LogP contribution in [0.3, 0.4) is 0 Å². The van der Waals surface area contributed by atoms with Crippen molar-refractivity contribution in [1.29, 1.82) is 0 Å². The van der Waals surface area contributed by atoms with Crippen LogP contribution in [0.25, 0.3) is 0 Å². The summed E-state index contributed by atoms with van der Waals surface area (Å²) in [5.41, 5.74) is 7.18. The predicted octanol–water partition coefficient (Wildman–Crippen LogP) is 1.74. The molecule has 1 amide bonds. The summed E-state index contributed by atoms with van der Waals surface area (Å²) in [4.78, 5) is 16.3. The van der Waals surface area contributed by atoms with E-state index in [1.54, 1.807) is 4.90 Å². The molecule has 0 spiro atoms. The molecule has 0 saturated carbocycles. The lowest BCUT2D eigenvalue weighted by Gasteiger charge is -2.35. The molecule has 1 heterocycles. The van der Waals surface area contributed by atoms with Gasteiger partial charge in [-0.1, -0.05) is 37.3 Å². The molecule has 1 aromatic carbocycles. The summed E-state index contributed by atoms with van der Waals surface area (Å²) in [5.74, 6) is 0.646. The van der Waals surface area contributed by atoms with Gasteiger partial charge >= 0.3 is 0 Å². The maximum Gasteiger partial charge on any atom is 0.236 e. The highest BCUT2D eigenvalue weighted by Crippen LogP contribution is 2.14. The third-order valence-corrected chi connectivity index (χ3v) is 4.10. The molecule has 1 aromatic rings. The summed E-state index contributed by atoms with van der Waals surface area (Å²) < 4.78 is 0. The van der Waals surface area contributed by atoms with Crippen LogP contribution in [0, 0.1) is 5.92 Å². The van der Waals surface area contributed by atoms with E-state index in [1.165, 1.54) is 0 Å². The highest BCUT2D eigenvalue weighted by atomic mass is 35.5. The van der Waals surface area contributed by atoms with E-state index in [-0.39, 0.29) is 24.4 Å². The first-order chi connectivity index (χ1) is 9.56. The average molecular weight is 312 g/mol. The van der Waals surface area contributed by atoms with Crippen LogP contribution in [0.2, 0.25) is 0 Å². The molecule has 21 heavy (non-hydrogen) atoms. The Balaban J connectivity index is 0.00000220. The van der Waals surface area contributed by atoms with E-state index >= 15 is 0 Å². The van der Waals surface area contributed by atoms with Crippen molar-refractivity contribution < 1.29 is 4.79 Å². The van der Waals surface area contributed by atoms with Gasteiger partial charge in [0.25, 0.3) is 0 Å². The predicted molar refractivity (Wildman–Crippen MR) is 88.4 cm³/mol. The number of piperidine rings is 1. The van der Waals surface area contributed by atoms with Gasteiger partial charge in [0.2, 0.25) is 5.91 Å². The van der Waals surface area contributed by atoms with Gasteiger partial charge in [0.05, 0.1) is 6.54 Å². The molecule has 2 N–H and O–H groups in total. The number of hydrogen-bond donors (Lipinski definition) is 1. The molecule has 0 bridgehead atoms. The number of nitrogens with two attached hydrogens (primary N) is 1. The molecule has 2 rings (SSSR count). The number of carbonyl (C=O) groups is 1. The average Bonchev–Trinajstić information content (AvgIpc) is 2.44. The molecule has 4 nitrogen and oxygen atoms in total. The van der Waals surface area contributed by atoms with Crippen LogP contribution in [-0.4, -0.2) is 48.4 Å². The number of carbonyl (C=O) groups excluding carboxylic acids is 1.